The minimum Gasteiger partial charge on any atom is -0.462 e. The van der Waals surface area contributed by atoms with Gasteiger partial charge in [-0.2, -0.15) is 0 Å². The van der Waals surface area contributed by atoms with E-state index in [0.29, 0.717) is 6.42 Å². The number of carbonyl (C=O) groups is 2. The van der Waals surface area contributed by atoms with Gasteiger partial charge in [0.25, 0.3) is 0 Å². The Morgan fingerprint density at radius 1 is 1.38 bits per heavy atom. The third-order valence-electron chi connectivity index (χ3n) is 6.12. The summed E-state index contributed by atoms with van der Waals surface area (Å²) in [4.78, 5) is 23.4. The van der Waals surface area contributed by atoms with E-state index in [1.165, 1.54) is 13.8 Å². The van der Waals surface area contributed by atoms with Crippen molar-refractivity contribution in [3.8, 4) is 0 Å². The molecular weight excluding hydrogens is 372 g/mol. The Morgan fingerprint density at radius 3 is 2.79 bits per heavy atom. The SMILES string of the molecule is C=C=CCC(OC(C)=O)C1=CO[C@H](OC(C)=O)[C@H]2C(=C)CC[C@@H]3O[C@@]3(C)CC[C@H]12. The Kier molecular flexibility index (Phi) is 6.35. The van der Waals surface area contributed by atoms with Crippen LogP contribution in [-0.2, 0) is 28.5 Å². The number of epoxide rings is 1. The van der Waals surface area contributed by atoms with Gasteiger partial charge in [-0.05, 0) is 38.7 Å². The van der Waals surface area contributed by atoms with Gasteiger partial charge in [-0.3, -0.25) is 9.59 Å². The average molecular weight is 402 g/mol. The first-order valence-electron chi connectivity index (χ1n) is 10.1. The molecule has 2 heterocycles. The molecule has 2 fully saturated rings. The maximum Gasteiger partial charge on any atom is 0.305 e. The van der Waals surface area contributed by atoms with Crippen LogP contribution in [0.1, 0.15) is 52.9 Å². The molecule has 6 nitrogen and oxygen atoms in total. The average Bonchev–Trinajstić information content (AvgIpc) is 3.29. The maximum absolute atomic E-state index is 11.7. The van der Waals surface area contributed by atoms with Gasteiger partial charge in [0.05, 0.1) is 23.9 Å². The second kappa shape index (κ2) is 8.60. The predicted molar refractivity (Wildman–Crippen MR) is 106 cm³/mol. The van der Waals surface area contributed by atoms with E-state index in [1.54, 1.807) is 12.3 Å². The molecule has 0 radical (unpaired) electrons. The molecule has 3 rings (SSSR count). The van der Waals surface area contributed by atoms with Crippen molar-refractivity contribution >= 4 is 11.9 Å². The normalized spacial score (nSPS) is 34.3. The highest BCUT2D eigenvalue weighted by Crippen LogP contribution is 2.50. The van der Waals surface area contributed by atoms with Crippen LogP contribution in [0.4, 0.5) is 0 Å². The number of hydrogen-bond donors (Lipinski definition) is 0. The largest absolute Gasteiger partial charge is 0.462 e. The lowest BCUT2D eigenvalue weighted by atomic mass is 9.74. The molecule has 0 bridgehead atoms. The van der Waals surface area contributed by atoms with Crippen LogP contribution in [0.25, 0.3) is 0 Å². The van der Waals surface area contributed by atoms with Gasteiger partial charge < -0.3 is 18.9 Å². The van der Waals surface area contributed by atoms with Crippen LogP contribution >= 0.6 is 0 Å². The van der Waals surface area contributed by atoms with E-state index < -0.39 is 18.4 Å². The fraction of sp³-hybridized carbons (Fsp3) is 0.609. The molecule has 6 heteroatoms. The lowest BCUT2D eigenvalue weighted by molar-refractivity contribution is -0.181. The lowest BCUT2D eigenvalue weighted by Crippen LogP contribution is -2.41. The van der Waals surface area contributed by atoms with Crippen molar-refractivity contribution < 1.29 is 28.5 Å². The first kappa shape index (κ1) is 21.4. The van der Waals surface area contributed by atoms with Gasteiger partial charge >= 0.3 is 11.9 Å². The summed E-state index contributed by atoms with van der Waals surface area (Å²) in [5.41, 5.74) is 4.44. The molecule has 1 aliphatic carbocycles. The standard InChI is InChI=1S/C23H30O6/c1-6-7-8-19(27-15(3)24)18-13-26-22(28-16(4)25)21-14(2)9-10-20-23(5,29-20)12-11-17(18)21/h7,13,17,19-22H,1-2,8-12H2,3-5H3/t17-,19?,20+,21+,22-,23+/m1/s1. The van der Waals surface area contributed by atoms with Crippen molar-refractivity contribution in [1.82, 2.24) is 0 Å². The zero-order chi connectivity index (χ0) is 21.2. The molecule has 1 saturated carbocycles. The van der Waals surface area contributed by atoms with E-state index in [0.717, 1.165) is 36.8 Å². The van der Waals surface area contributed by atoms with E-state index in [1.807, 2.05) is 0 Å². The van der Waals surface area contributed by atoms with E-state index in [-0.39, 0.29) is 29.5 Å². The first-order valence-corrected chi connectivity index (χ1v) is 10.1. The summed E-state index contributed by atoms with van der Waals surface area (Å²) in [6, 6.07) is 0. The molecule has 1 saturated heterocycles. The molecule has 1 unspecified atom stereocenters. The molecule has 29 heavy (non-hydrogen) atoms. The van der Waals surface area contributed by atoms with Crippen LogP contribution in [0, 0.1) is 11.8 Å². The number of fused-ring (bicyclic) bond motifs is 2. The van der Waals surface area contributed by atoms with E-state index in [4.69, 9.17) is 18.9 Å². The van der Waals surface area contributed by atoms with Gasteiger partial charge in [0.15, 0.2) is 0 Å². The van der Waals surface area contributed by atoms with Gasteiger partial charge in [0.1, 0.15) is 6.10 Å². The summed E-state index contributed by atoms with van der Waals surface area (Å²) in [6.07, 6.45) is 6.09. The molecule has 158 valence electrons. The Morgan fingerprint density at radius 2 is 2.14 bits per heavy atom. The highest BCUT2D eigenvalue weighted by atomic mass is 16.7. The van der Waals surface area contributed by atoms with Crippen molar-refractivity contribution in [2.24, 2.45) is 11.8 Å². The highest BCUT2D eigenvalue weighted by Gasteiger charge is 2.54. The number of rotatable bonds is 5. The van der Waals surface area contributed by atoms with Gasteiger partial charge in [-0.1, -0.05) is 18.7 Å². The molecular formula is C23H30O6. The fourth-order valence-corrected chi connectivity index (χ4v) is 4.56. The monoisotopic (exact) mass is 402 g/mol. The van der Waals surface area contributed by atoms with Crippen molar-refractivity contribution in [3.05, 3.63) is 42.4 Å². The van der Waals surface area contributed by atoms with E-state index in [2.05, 4.69) is 25.8 Å². The van der Waals surface area contributed by atoms with Gasteiger partial charge in [0.2, 0.25) is 6.29 Å². The summed E-state index contributed by atoms with van der Waals surface area (Å²) in [6.45, 7) is 12.8. The van der Waals surface area contributed by atoms with Gasteiger partial charge in [0, 0.05) is 31.8 Å². The van der Waals surface area contributed by atoms with Crippen molar-refractivity contribution in [3.63, 3.8) is 0 Å². The van der Waals surface area contributed by atoms with Crippen LogP contribution in [0.15, 0.2) is 42.4 Å². The van der Waals surface area contributed by atoms with Crippen LogP contribution in [0.3, 0.4) is 0 Å². The second-order valence-corrected chi connectivity index (χ2v) is 8.26. The Balaban J connectivity index is 1.96. The number of hydrogen-bond acceptors (Lipinski definition) is 6. The van der Waals surface area contributed by atoms with Gasteiger partial charge in [-0.25, -0.2) is 0 Å². The van der Waals surface area contributed by atoms with Crippen LogP contribution in [0.5, 0.6) is 0 Å². The van der Waals surface area contributed by atoms with Crippen molar-refractivity contribution in [2.75, 3.05) is 0 Å². The third-order valence-corrected chi connectivity index (χ3v) is 6.12. The smallest absolute Gasteiger partial charge is 0.305 e. The minimum absolute atomic E-state index is 0.0389. The zero-order valence-electron chi connectivity index (χ0n) is 17.4. The van der Waals surface area contributed by atoms with Crippen molar-refractivity contribution in [2.45, 2.75) is 77.0 Å². The molecule has 0 amide bonds. The molecule has 0 N–H and O–H groups in total. The molecule has 0 aromatic rings. The lowest BCUT2D eigenvalue weighted by Gasteiger charge is -2.40. The molecule has 6 atom stereocenters. The first-order chi connectivity index (χ1) is 13.7. The third kappa shape index (κ3) is 4.82. The predicted octanol–water partition coefficient (Wildman–Crippen LogP) is 3.97. The zero-order valence-corrected chi connectivity index (χ0v) is 17.4. The molecule has 0 aromatic heterocycles. The topological polar surface area (TPSA) is 74.4 Å². The molecule has 0 spiro atoms. The maximum atomic E-state index is 11.7. The quantitative estimate of drug-likeness (QED) is 0.300. The summed E-state index contributed by atoms with van der Waals surface area (Å²) < 4.78 is 22.9. The molecule has 2 aliphatic heterocycles. The van der Waals surface area contributed by atoms with Gasteiger partial charge in [-0.15, -0.1) is 5.73 Å². The summed E-state index contributed by atoms with van der Waals surface area (Å²) >= 11 is 0. The van der Waals surface area contributed by atoms with Crippen molar-refractivity contribution in [1.29, 1.82) is 0 Å². The molecule has 0 aromatic carbocycles. The highest BCUT2D eigenvalue weighted by molar-refractivity contribution is 5.67. The van der Waals surface area contributed by atoms with E-state index >= 15 is 0 Å². The van der Waals surface area contributed by atoms with Crippen LogP contribution in [-0.4, -0.2) is 36.0 Å². The molecule has 3 aliphatic rings. The summed E-state index contributed by atoms with van der Waals surface area (Å²) in [5.74, 6) is -1.01. The van der Waals surface area contributed by atoms with E-state index in [9.17, 15) is 9.59 Å². The Bertz CT molecular complexity index is 757. The summed E-state index contributed by atoms with van der Waals surface area (Å²) in [5, 5.41) is 0. The number of carbonyl (C=O) groups excluding carboxylic acids is 2. The van der Waals surface area contributed by atoms with Crippen LogP contribution < -0.4 is 0 Å². The fourth-order valence-electron chi connectivity index (χ4n) is 4.56. The Hall–Kier alpha value is -2.30. The minimum atomic E-state index is -0.732. The summed E-state index contributed by atoms with van der Waals surface area (Å²) in [7, 11) is 0. The Labute approximate surface area is 172 Å². The van der Waals surface area contributed by atoms with Crippen LogP contribution in [0.2, 0.25) is 0 Å². The number of ether oxygens (including phenoxy) is 4. The second-order valence-electron chi connectivity index (χ2n) is 8.26. The number of esters is 2.